The van der Waals surface area contributed by atoms with E-state index < -0.39 is 12.2 Å². The Hall–Kier alpha value is -3.07. The van der Waals surface area contributed by atoms with Crippen molar-refractivity contribution < 1.29 is 23.4 Å². The number of aliphatic hydroxyl groups excluding tert-OH is 1. The van der Waals surface area contributed by atoms with E-state index in [9.17, 15) is 18.7 Å². The number of piperidine rings is 2. The highest BCUT2D eigenvalue weighted by Gasteiger charge is 2.39. The number of ether oxygens (including phenoxy) is 1. The third-order valence-corrected chi connectivity index (χ3v) is 10.6. The molecule has 1 aliphatic carbocycles. The first-order valence-electron chi connectivity index (χ1n) is 16.4. The van der Waals surface area contributed by atoms with Crippen molar-refractivity contribution in [1.29, 1.82) is 0 Å². The summed E-state index contributed by atoms with van der Waals surface area (Å²) in [7, 11) is 1.41. The van der Waals surface area contributed by atoms with Crippen molar-refractivity contribution in [3.8, 4) is 11.3 Å². The van der Waals surface area contributed by atoms with Crippen LogP contribution in [-0.4, -0.2) is 76.9 Å². The predicted molar refractivity (Wildman–Crippen MR) is 169 cm³/mol. The van der Waals surface area contributed by atoms with E-state index in [4.69, 9.17) is 4.74 Å². The van der Waals surface area contributed by atoms with E-state index in [-0.39, 0.29) is 25.0 Å². The topological polar surface area (TPSA) is 57.9 Å². The summed E-state index contributed by atoms with van der Waals surface area (Å²) in [4.78, 5) is 16.7. The van der Waals surface area contributed by atoms with Gasteiger partial charge in [-0.05, 0) is 79.5 Å². The highest BCUT2D eigenvalue weighted by Crippen LogP contribution is 2.47. The molecule has 0 bridgehead atoms. The smallest absolute Gasteiger partial charge is 0.337 e. The number of hydrogen-bond donors (Lipinski definition) is 1. The number of rotatable bonds is 5. The summed E-state index contributed by atoms with van der Waals surface area (Å²) in [5.74, 6) is -2.53. The fourth-order valence-corrected chi connectivity index (χ4v) is 8.34. The summed E-state index contributed by atoms with van der Waals surface area (Å²) in [6.07, 6.45) is 9.39. The number of benzene rings is 2. The van der Waals surface area contributed by atoms with Crippen LogP contribution in [0.25, 0.3) is 28.2 Å². The number of alkyl halides is 2. The molecule has 4 heterocycles. The van der Waals surface area contributed by atoms with Crippen molar-refractivity contribution in [3.63, 3.8) is 0 Å². The Bertz CT molecular complexity index is 1570. The minimum absolute atomic E-state index is 0.0175. The summed E-state index contributed by atoms with van der Waals surface area (Å²) >= 11 is 0. The van der Waals surface area contributed by atoms with Crippen LogP contribution in [0.4, 0.5) is 8.78 Å². The second kappa shape index (κ2) is 12.0. The number of hydrogen-bond acceptors (Lipinski definition) is 5. The van der Waals surface area contributed by atoms with Crippen LogP contribution in [0.5, 0.6) is 0 Å². The van der Waals surface area contributed by atoms with Gasteiger partial charge in [-0.3, -0.25) is 9.80 Å². The Morgan fingerprint density at radius 3 is 2.52 bits per heavy atom. The number of carbonyl (C=O) groups is 1. The van der Waals surface area contributed by atoms with Crippen molar-refractivity contribution in [2.24, 2.45) is 0 Å². The second-order valence-corrected chi connectivity index (χ2v) is 13.3. The van der Waals surface area contributed by atoms with E-state index in [1.165, 1.54) is 43.0 Å². The van der Waals surface area contributed by atoms with Gasteiger partial charge in [0.15, 0.2) is 0 Å². The van der Waals surface area contributed by atoms with Gasteiger partial charge in [-0.1, -0.05) is 49.6 Å². The minimum atomic E-state index is -2.60. The third kappa shape index (κ3) is 5.50. The molecule has 7 rings (SSSR count). The Morgan fingerprint density at radius 2 is 1.77 bits per heavy atom. The zero-order valence-electron chi connectivity index (χ0n) is 25.6. The molecule has 234 valence electrons. The zero-order chi connectivity index (χ0) is 30.4. The van der Waals surface area contributed by atoms with Crippen molar-refractivity contribution in [1.82, 2.24) is 14.4 Å². The van der Waals surface area contributed by atoms with E-state index in [2.05, 4.69) is 39.8 Å². The fraction of sp³-hybridized carbons (Fsp3) is 0.528. The van der Waals surface area contributed by atoms with Crippen LogP contribution >= 0.6 is 0 Å². The number of methoxy groups -OCH3 is 1. The maximum atomic E-state index is 14.1. The van der Waals surface area contributed by atoms with Crippen molar-refractivity contribution in [3.05, 3.63) is 64.7 Å². The number of fused-ring (bicyclic) bond motifs is 5. The Morgan fingerprint density at radius 1 is 1.00 bits per heavy atom. The van der Waals surface area contributed by atoms with Gasteiger partial charge in [-0.25, -0.2) is 13.6 Å². The number of carbonyl (C=O) groups excluding carboxylic acids is 1. The van der Waals surface area contributed by atoms with Gasteiger partial charge < -0.3 is 14.4 Å². The molecule has 44 heavy (non-hydrogen) atoms. The second-order valence-electron chi connectivity index (χ2n) is 13.3. The molecule has 0 amide bonds. The molecule has 3 fully saturated rings. The van der Waals surface area contributed by atoms with Crippen LogP contribution in [0.15, 0.2) is 48.0 Å². The number of aliphatic hydroxyl groups is 1. The van der Waals surface area contributed by atoms with Gasteiger partial charge in [0.25, 0.3) is 5.92 Å². The summed E-state index contributed by atoms with van der Waals surface area (Å²) in [6.45, 7) is 2.39. The van der Waals surface area contributed by atoms with Gasteiger partial charge in [0.2, 0.25) is 0 Å². The quantitative estimate of drug-likeness (QED) is 0.317. The first-order chi connectivity index (χ1) is 21.3. The number of likely N-dealkylation sites (tertiary alicyclic amines) is 2. The lowest BCUT2D eigenvalue weighted by Crippen LogP contribution is -2.53. The number of halogens is 2. The van der Waals surface area contributed by atoms with Gasteiger partial charge in [0.1, 0.15) is 6.23 Å². The normalized spacial score (nSPS) is 22.6. The summed E-state index contributed by atoms with van der Waals surface area (Å²) < 4.78 is 35.7. The SMILES string of the molecule is COC(=O)c1ccc2c(C3CCCCC3)c3n(c2c1)CC(C(O)N1CCC(N2CCCC(F)(F)C2)CC1)=Cc1ccccc1-3. The molecule has 2 saturated heterocycles. The van der Waals surface area contributed by atoms with Crippen LogP contribution in [0, 0.1) is 0 Å². The van der Waals surface area contributed by atoms with Crippen LogP contribution in [-0.2, 0) is 11.3 Å². The van der Waals surface area contributed by atoms with Crippen LogP contribution < -0.4 is 0 Å². The Labute approximate surface area is 258 Å². The van der Waals surface area contributed by atoms with Gasteiger partial charge >= 0.3 is 5.97 Å². The molecule has 4 aliphatic rings. The predicted octanol–water partition coefficient (Wildman–Crippen LogP) is 7.05. The number of esters is 1. The Kier molecular flexibility index (Phi) is 8.10. The average Bonchev–Trinajstić information content (AvgIpc) is 3.26. The highest BCUT2D eigenvalue weighted by atomic mass is 19.3. The molecule has 1 N–H and O–H groups in total. The van der Waals surface area contributed by atoms with Crippen LogP contribution in [0.1, 0.15) is 85.2 Å². The van der Waals surface area contributed by atoms with Crippen molar-refractivity contribution in [2.45, 2.75) is 88.4 Å². The first kappa shape index (κ1) is 29.6. The van der Waals surface area contributed by atoms with Crippen molar-refractivity contribution in [2.75, 3.05) is 33.3 Å². The molecule has 1 saturated carbocycles. The fourth-order valence-electron chi connectivity index (χ4n) is 8.34. The van der Waals surface area contributed by atoms with E-state index >= 15 is 0 Å². The molecule has 2 aromatic carbocycles. The molecule has 0 radical (unpaired) electrons. The van der Waals surface area contributed by atoms with Gasteiger partial charge in [-0.15, -0.1) is 0 Å². The summed E-state index contributed by atoms with van der Waals surface area (Å²) in [6, 6.07) is 14.5. The van der Waals surface area contributed by atoms with Crippen molar-refractivity contribution >= 4 is 22.9 Å². The molecule has 3 aliphatic heterocycles. The van der Waals surface area contributed by atoms with Crippen LogP contribution in [0.2, 0.25) is 0 Å². The maximum Gasteiger partial charge on any atom is 0.337 e. The molecule has 1 aromatic heterocycles. The molecule has 1 unspecified atom stereocenters. The standard InChI is InChI=1S/C36H43F2N3O3/c1-44-35(43)26-12-13-30-31(21-26)41-22-27(34(42)39-18-14-28(15-19-39)40-17-7-16-36(37,38)23-40)20-25-10-5-6-11-29(25)33(41)32(30)24-8-3-2-4-9-24/h5-6,10-13,20-21,24,28,34,42H,2-4,7-9,14-19,22-23H2,1H3. The third-order valence-electron chi connectivity index (χ3n) is 10.6. The van der Waals surface area contributed by atoms with E-state index in [1.807, 2.05) is 23.1 Å². The molecular weight excluding hydrogens is 560 g/mol. The summed E-state index contributed by atoms with van der Waals surface area (Å²) in [5.41, 5.74) is 7.18. The van der Waals surface area contributed by atoms with E-state index in [0.29, 0.717) is 37.5 Å². The number of aromatic nitrogens is 1. The van der Waals surface area contributed by atoms with Gasteiger partial charge in [-0.2, -0.15) is 0 Å². The van der Waals surface area contributed by atoms with Gasteiger partial charge in [0.05, 0.1) is 24.9 Å². The summed E-state index contributed by atoms with van der Waals surface area (Å²) in [5, 5.41) is 13.1. The molecule has 0 spiro atoms. The Balaban J connectivity index is 1.24. The molecule has 1 atom stereocenters. The first-order valence-corrected chi connectivity index (χ1v) is 16.4. The molecular formula is C36H43F2N3O3. The molecule has 8 heteroatoms. The monoisotopic (exact) mass is 603 g/mol. The lowest BCUT2D eigenvalue weighted by Gasteiger charge is -2.43. The largest absolute Gasteiger partial charge is 0.465 e. The minimum Gasteiger partial charge on any atom is -0.465 e. The molecule has 3 aromatic rings. The average molecular weight is 604 g/mol. The van der Waals surface area contributed by atoms with E-state index in [1.54, 1.807) is 0 Å². The highest BCUT2D eigenvalue weighted by molar-refractivity contribution is 5.99. The van der Waals surface area contributed by atoms with Gasteiger partial charge in [0, 0.05) is 48.6 Å². The lowest BCUT2D eigenvalue weighted by molar-refractivity contribution is -0.0856. The molecule has 6 nitrogen and oxygen atoms in total. The number of nitrogens with zero attached hydrogens (tertiary/aromatic N) is 3. The van der Waals surface area contributed by atoms with E-state index in [0.717, 1.165) is 54.4 Å². The maximum absolute atomic E-state index is 14.1. The zero-order valence-corrected chi connectivity index (χ0v) is 25.6. The lowest BCUT2D eigenvalue weighted by atomic mass is 9.81. The van der Waals surface area contributed by atoms with Crippen LogP contribution in [0.3, 0.4) is 0 Å².